The molecule has 0 amide bonds. The first-order chi connectivity index (χ1) is 13.6. The predicted molar refractivity (Wildman–Crippen MR) is 119 cm³/mol. The van der Waals surface area contributed by atoms with Crippen LogP contribution in [0.5, 0.6) is 0 Å². The molecule has 2 N–H and O–H groups in total. The van der Waals surface area contributed by atoms with E-state index in [0.29, 0.717) is 3.03 Å². The topological polar surface area (TPSA) is 66.4 Å². The van der Waals surface area contributed by atoms with Gasteiger partial charge in [0, 0.05) is 0 Å². The van der Waals surface area contributed by atoms with Crippen molar-refractivity contribution in [2.45, 2.75) is 116 Å². The van der Waals surface area contributed by atoms with Crippen LogP contribution in [0.2, 0.25) is 0 Å². The maximum Gasteiger partial charge on any atom is 0.320 e. The molecule has 1 heterocycles. The second-order valence-electron chi connectivity index (χ2n) is 8.02. The number of carboxylic acids is 1. The largest absolute Gasteiger partial charge is 0.480 e. The quantitative estimate of drug-likeness (QED) is 0.202. The van der Waals surface area contributed by atoms with Crippen LogP contribution in [0.3, 0.4) is 0 Å². The van der Waals surface area contributed by atoms with Gasteiger partial charge in [0.15, 0.2) is 0 Å². The number of carboxylic acid groups (broad SMARTS) is 1. The van der Waals surface area contributed by atoms with Crippen LogP contribution < -0.4 is 5.32 Å². The molecular weight excluding hydrogens is 361 g/mol. The van der Waals surface area contributed by atoms with Crippen molar-refractivity contribution in [2.75, 3.05) is 6.54 Å². The maximum absolute atomic E-state index is 10.8. The Morgan fingerprint density at radius 1 is 0.929 bits per heavy atom. The summed E-state index contributed by atoms with van der Waals surface area (Å²) < 4.78 is 0.475. The van der Waals surface area contributed by atoms with Gasteiger partial charge in [-0.25, -0.2) is 0 Å². The molecule has 1 atom stereocenters. The van der Waals surface area contributed by atoms with Crippen molar-refractivity contribution in [3.63, 3.8) is 0 Å². The second kappa shape index (κ2) is 21.5. The minimum absolute atomic E-state index is 0.269. The number of aliphatic carboxylic acids is 1. The van der Waals surface area contributed by atoms with Gasteiger partial charge in [-0.15, -0.1) is 0 Å². The SMILES string of the molecule is CCCCCCCC/C=C\CCCCCCC[C](=O)[Na].O=C(O)[C@@H]1CCCN1. The summed E-state index contributed by atoms with van der Waals surface area (Å²) in [7, 11) is 0. The first-order valence-electron chi connectivity index (χ1n) is 11.7. The maximum atomic E-state index is 10.8. The Morgan fingerprint density at radius 3 is 1.89 bits per heavy atom. The Morgan fingerprint density at radius 2 is 1.46 bits per heavy atom. The van der Waals surface area contributed by atoms with E-state index in [1.807, 2.05) is 0 Å². The number of carbonyl (C=O) groups is 2. The van der Waals surface area contributed by atoms with E-state index < -0.39 is 5.97 Å². The van der Waals surface area contributed by atoms with Crippen molar-refractivity contribution in [1.29, 1.82) is 0 Å². The third-order valence-electron chi connectivity index (χ3n) is 5.15. The summed E-state index contributed by atoms with van der Waals surface area (Å²) >= 11 is 0.742. The van der Waals surface area contributed by atoms with Crippen LogP contribution in [-0.4, -0.2) is 54.6 Å². The van der Waals surface area contributed by atoms with Gasteiger partial charge >= 0.3 is 112 Å². The van der Waals surface area contributed by atoms with Gasteiger partial charge in [0.1, 0.15) is 6.04 Å². The van der Waals surface area contributed by atoms with E-state index in [1.54, 1.807) is 0 Å². The summed E-state index contributed by atoms with van der Waals surface area (Å²) in [5.74, 6) is -0.720. The summed E-state index contributed by atoms with van der Waals surface area (Å²) in [4.78, 5) is 21.0. The first kappa shape index (κ1) is 27.8. The van der Waals surface area contributed by atoms with Crippen molar-refractivity contribution < 1.29 is 14.7 Å². The molecule has 0 aliphatic carbocycles. The van der Waals surface area contributed by atoms with Gasteiger partial charge in [0.05, 0.1) is 0 Å². The van der Waals surface area contributed by atoms with E-state index >= 15 is 0 Å². The summed E-state index contributed by atoms with van der Waals surface area (Å²) in [6.07, 6.45) is 24.6. The number of nitrogens with one attached hydrogen (secondary N) is 1. The summed E-state index contributed by atoms with van der Waals surface area (Å²) in [6, 6.07) is -0.269. The van der Waals surface area contributed by atoms with Gasteiger partial charge in [0.25, 0.3) is 0 Å². The van der Waals surface area contributed by atoms with Crippen LogP contribution >= 0.6 is 0 Å². The number of rotatable bonds is 16. The second-order valence-corrected chi connectivity index (χ2v) is 9.14. The average molecular weight is 404 g/mol. The minimum Gasteiger partial charge on any atom is -0.480 e. The van der Waals surface area contributed by atoms with Gasteiger partial charge in [-0.05, 0) is 19.4 Å². The zero-order chi connectivity index (χ0) is 20.9. The normalized spacial score (nSPS) is 16.2. The minimum atomic E-state index is -0.720. The smallest absolute Gasteiger partial charge is 0.320 e. The summed E-state index contributed by atoms with van der Waals surface area (Å²) in [5, 5.41) is 11.2. The summed E-state index contributed by atoms with van der Waals surface area (Å²) in [6.45, 7) is 3.13. The molecule has 1 saturated heterocycles. The van der Waals surface area contributed by atoms with Crippen molar-refractivity contribution in [3.8, 4) is 0 Å². The van der Waals surface area contributed by atoms with Gasteiger partial charge in [-0.2, -0.15) is 0 Å². The number of hydrogen-bond acceptors (Lipinski definition) is 3. The Balaban J connectivity index is 0.000000749. The molecule has 0 bridgehead atoms. The monoisotopic (exact) mass is 403 g/mol. The number of unbranched alkanes of at least 4 members (excludes halogenated alkanes) is 11. The molecule has 4 nitrogen and oxygen atoms in total. The molecule has 28 heavy (non-hydrogen) atoms. The Kier molecular flexibility index (Phi) is 21.4. The number of allylic oxidation sites excluding steroid dienone is 2. The fourth-order valence-electron chi connectivity index (χ4n) is 3.34. The van der Waals surface area contributed by atoms with E-state index in [2.05, 4.69) is 24.4 Å². The molecule has 0 unspecified atom stereocenters. The van der Waals surface area contributed by atoms with Crippen LogP contribution in [0.1, 0.15) is 110 Å². The molecule has 1 fully saturated rings. The fraction of sp³-hybridized carbons (Fsp3) is 0.826. The van der Waals surface area contributed by atoms with Crippen LogP contribution in [0, 0.1) is 0 Å². The number of carbonyl (C=O) groups excluding carboxylic acids is 1. The Hall–Kier alpha value is -0.160. The fourth-order valence-corrected chi connectivity index (χ4v) is 3.69. The third-order valence-corrected chi connectivity index (χ3v) is 5.65. The zero-order valence-corrected chi connectivity index (χ0v) is 20.5. The van der Waals surface area contributed by atoms with E-state index in [0.717, 1.165) is 60.2 Å². The molecule has 1 rings (SSSR count). The Bertz CT molecular complexity index is 407. The van der Waals surface area contributed by atoms with Gasteiger partial charge < -0.3 is 10.4 Å². The molecule has 158 valence electrons. The third kappa shape index (κ3) is 20.6. The molecule has 0 spiro atoms. The van der Waals surface area contributed by atoms with Gasteiger partial charge in [0.2, 0.25) is 0 Å². The first-order valence-corrected chi connectivity index (χ1v) is 12.7. The molecule has 0 aromatic rings. The average Bonchev–Trinajstić information content (AvgIpc) is 3.20. The van der Waals surface area contributed by atoms with Crippen molar-refractivity contribution in [1.82, 2.24) is 5.32 Å². The molecular formula is C23H42NNaO3. The Labute approximate surface area is 190 Å². The van der Waals surface area contributed by atoms with Crippen LogP contribution in [0.4, 0.5) is 0 Å². The van der Waals surface area contributed by atoms with Crippen LogP contribution in [-0.2, 0) is 9.59 Å². The standard InChI is InChI=1S/C18H33O.C5H9NO2.Na/c1-2-3-4-5-6-7-8-9-10-11-12-13-14-15-16-17-18-19;7-5(8)4-2-1-3-6-4;/h9-10H,2-8,11-17H2,1H3;4,6H,1-3H2,(H,7,8);/b10-9-;;/t;4-;/m.0./s1. The van der Waals surface area contributed by atoms with Crippen LogP contribution in [0.25, 0.3) is 0 Å². The predicted octanol–water partition coefficient (Wildman–Crippen LogP) is 5.54. The van der Waals surface area contributed by atoms with Crippen molar-refractivity contribution >= 4 is 36.9 Å². The van der Waals surface area contributed by atoms with Crippen molar-refractivity contribution in [2.24, 2.45) is 0 Å². The van der Waals surface area contributed by atoms with E-state index in [9.17, 15) is 9.59 Å². The van der Waals surface area contributed by atoms with E-state index in [4.69, 9.17) is 5.11 Å². The molecule has 1 aliphatic rings. The molecule has 0 saturated carbocycles. The summed E-state index contributed by atoms with van der Waals surface area (Å²) in [5.41, 5.74) is 0. The van der Waals surface area contributed by atoms with Crippen molar-refractivity contribution in [3.05, 3.63) is 12.2 Å². The molecule has 1 aliphatic heterocycles. The van der Waals surface area contributed by atoms with Gasteiger partial charge in [-0.3, -0.25) is 4.79 Å². The van der Waals surface area contributed by atoms with E-state index in [1.165, 1.54) is 77.0 Å². The van der Waals surface area contributed by atoms with Gasteiger partial charge in [-0.1, -0.05) is 39.0 Å². The number of hydrogen-bond donors (Lipinski definition) is 2. The molecule has 0 radical (unpaired) electrons. The molecule has 5 heteroatoms. The zero-order valence-electron chi connectivity index (χ0n) is 18.5. The molecule has 0 aromatic carbocycles. The van der Waals surface area contributed by atoms with E-state index in [-0.39, 0.29) is 6.04 Å². The molecule has 0 aromatic heterocycles. The van der Waals surface area contributed by atoms with Crippen LogP contribution in [0.15, 0.2) is 12.2 Å².